The number of anilines is 2. The zero-order chi connectivity index (χ0) is 21.9. The molecule has 0 saturated heterocycles. The molecule has 3 rings (SSSR count). The first kappa shape index (κ1) is 21.9. The molecule has 1 heterocycles. The molecule has 1 aromatic heterocycles. The summed E-state index contributed by atoms with van der Waals surface area (Å²) < 4.78 is 1.72. The molecule has 3 N–H and O–H groups in total. The fourth-order valence-electron chi connectivity index (χ4n) is 2.91. The van der Waals surface area contributed by atoms with Gasteiger partial charge in [0, 0.05) is 34.7 Å². The lowest BCUT2D eigenvalue weighted by molar-refractivity contribution is 0.262. The molecule has 0 saturated carbocycles. The van der Waals surface area contributed by atoms with Gasteiger partial charge in [-0.2, -0.15) is 5.10 Å². The summed E-state index contributed by atoms with van der Waals surface area (Å²) >= 11 is 5.90. The van der Waals surface area contributed by atoms with Crippen LogP contribution in [0.3, 0.4) is 0 Å². The van der Waals surface area contributed by atoms with Crippen LogP contribution in [0, 0.1) is 0 Å². The number of aromatic nitrogens is 2. The monoisotopic (exact) mass is 426 g/mol. The lowest BCUT2D eigenvalue weighted by Crippen LogP contribution is -2.21. The predicted octanol–water partition coefficient (Wildman–Crippen LogP) is 5.56. The van der Waals surface area contributed by atoms with E-state index in [0.29, 0.717) is 16.5 Å². The summed E-state index contributed by atoms with van der Waals surface area (Å²) in [5.41, 5.74) is 3.11. The lowest BCUT2D eigenvalue weighted by Gasteiger charge is -2.14. The third-order valence-corrected chi connectivity index (χ3v) is 5.03. The Morgan fingerprint density at radius 3 is 2.47 bits per heavy atom. The zero-order valence-electron chi connectivity index (χ0n) is 17.6. The number of nitrogens with zero attached hydrogens (tertiary/aromatic N) is 2. The van der Waals surface area contributed by atoms with E-state index < -0.39 is 0 Å². The Hall–Kier alpha value is -2.83. The molecule has 3 aromatic rings. The highest BCUT2D eigenvalue weighted by Gasteiger charge is 2.22. The Bertz CT molecular complexity index is 1020. The molecular weight excluding hydrogens is 400 g/mol. The summed E-state index contributed by atoms with van der Waals surface area (Å²) in [6, 6.07) is 16.2. The third kappa shape index (κ3) is 5.20. The number of nitrogens with one attached hydrogen (secondary N) is 2. The molecule has 1 unspecified atom stereocenters. The average molecular weight is 427 g/mol. The van der Waals surface area contributed by atoms with Crippen LogP contribution in [0.4, 0.5) is 16.3 Å². The fourth-order valence-corrected chi connectivity index (χ4v) is 3.04. The van der Waals surface area contributed by atoms with E-state index in [-0.39, 0.29) is 24.0 Å². The number of urea groups is 1. The molecule has 0 radical (unpaired) electrons. The van der Waals surface area contributed by atoms with Crippen molar-refractivity contribution in [3.05, 3.63) is 70.9 Å². The summed E-state index contributed by atoms with van der Waals surface area (Å²) in [5, 5.41) is 20.5. The van der Waals surface area contributed by atoms with Crippen molar-refractivity contribution in [2.24, 2.45) is 0 Å². The number of hydrogen-bond acceptors (Lipinski definition) is 3. The Labute approximate surface area is 181 Å². The highest BCUT2D eigenvalue weighted by atomic mass is 35.5. The van der Waals surface area contributed by atoms with Crippen LogP contribution < -0.4 is 10.6 Å². The highest BCUT2D eigenvalue weighted by Crippen LogP contribution is 2.27. The van der Waals surface area contributed by atoms with Crippen LogP contribution in [0.25, 0.3) is 5.69 Å². The number of carbonyl (C=O) groups is 1. The van der Waals surface area contributed by atoms with Gasteiger partial charge in [-0.25, -0.2) is 9.48 Å². The Morgan fingerprint density at radius 2 is 1.83 bits per heavy atom. The quantitative estimate of drug-likeness (QED) is 0.499. The van der Waals surface area contributed by atoms with Gasteiger partial charge in [-0.15, -0.1) is 0 Å². The van der Waals surface area contributed by atoms with E-state index in [0.717, 1.165) is 16.9 Å². The number of amides is 2. The van der Waals surface area contributed by atoms with Crippen molar-refractivity contribution in [1.82, 2.24) is 9.78 Å². The van der Waals surface area contributed by atoms with Gasteiger partial charge in [0.1, 0.15) is 5.82 Å². The molecule has 30 heavy (non-hydrogen) atoms. The van der Waals surface area contributed by atoms with Crippen LogP contribution in [0.15, 0.2) is 54.6 Å². The minimum atomic E-state index is -0.376. The van der Waals surface area contributed by atoms with Gasteiger partial charge in [0.25, 0.3) is 0 Å². The summed E-state index contributed by atoms with van der Waals surface area (Å²) in [4.78, 5) is 12.6. The van der Waals surface area contributed by atoms with E-state index in [1.54, 1.807) is 28.9 Å². The van der Waals surface area contributed by atoms with Gasteiger partial charge in [0.2, 0.25) is 0 Å². The van der Waals surface area contributed by atoms with Crippen LogP contribution in [0.5, 0.6) is 0 Å². The first-order valence-corrected chi connectivity index (χ1v) is 10.2. The molecule has 0 aliphatic rings. The van der Waals surface area contributed by atoms with E-state index in [9.17, 15) is 9.90 Å². The van der Waals surface area contributed by atoms with Crippen LogP contribution in [-0.2, 0) is 5.41 Å². The van der Waals surface area contributed by atoms with Gasteiger partial charge in [0.05, 0.1) is 11.4 Å². The average Bonchev–Trinajstić information content (AvgIpc) is 3.13. The smallest absolute Gasteiger partial charge is 0.324 e. The van der Waals surface area contributed by atoms with Crippen LogP contribution >= 0.6 is 11.6 Å². The van der Waals surface area contributed by atoms with Gasteiger partial charge in [-0.3, -0.25) is 5.32 Å². The number of aliphatic hydroxyl groups excluding tert-OH is 1. The highest BCUT2D eigenvalue weighted by molar-refractivity contribution is 6.30. The molecule has 0 aliphatic heterocycles. The number of benzene rings is 2. The summed E-state index contributed by atoms with van der Waals surface area (Å²) in [6.07, 6.45) is 0. The Kier molecular flexibility index (Phi) is 6.48. The number of rotatable bonds is 5. The molecule has 0 bridgehead atoms. The normalized spacial score (nSPS) is 12.5. The fraction of sp³-hybridized carbons (Fsp3) is 0.304. The number of aliphatic hydroxyl groups is 1. The van der Waals surface area contributed by atoms with Crippen molar-refractivity contribution in [3.63, 3.8) is 0 Å². The van der Waals surface area contributed by atoms with Crippen LogP contribution in [-0.4, -0.2) is 27.5 Å². The second kappa shape index (κ2) is 8.90. The summed E-state index contributed by atoms with van der Waals surface area (Å²) in [7, 11) is 0. The molecule has 0 aliphatic carbocycles. The van der Waals surface area contributed by atoms with Gasteiger partial charge in [-0.05, 0) is 42.0 Å². The molecular formula is C23H27ClN4O2. The Balaban J connectivity index is 1.92. The zero-order valence-corrected chi connectivity index (χ0v) is 18.4. The number of carbonyl (C=O) groups excluding carboxylic acids is 1. The molecule has 1 atom stereocenters. The van der Waals surface area contributed by atoms with E-state index >= 15 is 0 Å². The van der Waals surface area contributed by atoms with Crippen molar-refractivity contribution < 1.29 is 9.90 Å². The third-order valence-electron chi connectivity index (χ3n) is 4.78. The molecule has 0 fully saturated rings. The maximum Gasteiger partial charge on any atom is 0.324 e. The SMILES string of the molecule is CC(CO)c1cccc(-n2nc(C(C)(C)C)cc2NC(=O)Nc2ccc(Cl)cc2)c1. The first-order chi connectivity index (χ1) is 14.2. The maximum atomic E-state index is 12.6. The van der Waals surface area contributed by atoms with Crippen LogP contribution in [0.1, 0.15) is 44.9 Å². The largest absolute Gasteiger partial charge is 0.396 e. The molecule has 0 spiro atoms. The second-order valence-corrected chi connectivity index (χ2v) is 8.78. The van der Waals surface area contributed by atoms with Crippen molar-refractivity contribution in [3.8, 4) is 5.69 Å². The van der Waals surface area contributed by atoms with E-state index in [1.807, 2.05) is 37.3 Å². The van der Waals surface area contributed by atoms with Crippen molar-refractivity contribution in [2.75, 3.05) is 17.2 Å². The van der Waals surface area contributed by atoms with E-state index in [1.165, 1.54) is 0 Å². The maximum absolute atomic E-state index is 12.6. The minimum Gasteiger partial charge on any atom is -0.396 e. The predicted molar refractivity (Wildman–Crippen MR) is 122 cm³/mol. The van der Waals surface area contributed by atoms with E-state index in [2.05, 4.69) is 31.4 Å². The summed E-state index contributed by atoms with van der Waals surface area (Å²) in [6.45, 7) is 8.23. The van der Waals surface area contributed by atoms with Gasteiger partial charge in [0.15, 0.2) is 0 Å². The Morgan fingerprint density at radius 1 is 1.13 bits per heavy atom. The lowest BCUT2D eigenvalue weighted by atomic mass is 9.92. The number of halogens is 1. The van der Waals surface area contributed by atoms with Crippen molar-refractivity contribution in [2.45, 2.75) is 39.0 Å². The number of hydrogen-bond donors (Lipinski definition) is 3. The molecule has 2 amide bonds. The molecule has 6 nitrogen and oxygen atoms in total. The molecule has 7 heteroatoms. The van der Waals surface area contributed by atoms with Crippen LogP contribution in [0.2, 0.25) is 5.02 Å². The van der Waals surface area contributed by atoms with Gasteiger partial charge >= 0.3 is 6.03 Å². The standard InChI is InChI=1S/C23H27ClN4O2/c1-15(14-29)16-6-5-7-19(12-16)28-21(13-20(27-28)23(2,3)4)26-22(30)25-18-10-8-17(24)9-11-18/h5-13,15,29H,14H2,1-4H3,(H2,25,26,30). The molecule has 2 aromatic carbocycles. The minimum absolute atomic E-state index is 0.00668. The topological polar surface area (TPSA) is 79.2 Å². The van der Waals surface area contributed by atoms with Crippen molar-refractivity contribution in [1.29, 1.82) is 0 Å². The summed E-state index contributed by atoms with van der Waals surface area (Å²) in [5.74, 6) is 0.562. The first-order valence-electron chi connectivity index (χ1n) is 9.82. The van der Waals surface area contributed by atoms with Gasteiger partial charge in [-0.1, -0.05) is 51.4 Å². The van der Waals surface area contributed by atoms with Crippen molar-refractivity contribution >= 4 is 29.1 Å². The van der Waals surface area contributed by atoms with Gasteiger partial charge < -0.3 is 10.4 Å². The molecule has 158 valence electrons. The second-order valence-electron chi connectivity index (χ2n) is 8.34. The van der Waals surface area contributed by atoms with E-state index in [4.69, 9.17) is 16.7 Å².